The quantitative estimate of drug-likeness (QED) is 0.829. The second kappa shape index (κ2) is 7.65. The summed E-state index contributed by atoms with van der Waals surface area (Å²) in [4.78, 5) is 0. The minimum absolute atomic E-state index is 0.0483. The smallest absolute Gasteiger partial charge is 0.0775 e. The number of nitrogens with one attached hydrogen (secondary N) is 1. The van der Waals surface area contributed by atoms with Gasteiger partial charge in [-0.3, -0.25) is 0 Å². The number of hydrogen-bond donors (Lipinski definition) is 1. The van der Waals surface area contributed by atoms with Gasteiger partial charge < -0.3 is 10.1 Å². The van der Waals surface area contributed by atoms with Gasteiger partial charge in [-0.05, 0) is 30.0 Å². The molecule has 1 aromatic carbocycles. The summed E-state index contributed by atoms with van der Waals surface area (Å²) >= 11 is 12.4. The van der Waals surface area contributed by atoms with Crippen LogP contribution in [0.5, 0.6) is 0 Å². The first-order valence-electron chi connectivity index (χ1n) is 7.00. The molecule has 0 heterocycles. The number of rotatable bonds is 6. The molecule has 0 bridgehead atoms. The van der Waals surface area contributed by atoms with Gasteiger partial charge in [-0.15, -0.1) is 0 Å². The van der Waals surface area contributed by atoms with E-state index in [1.807, 2.05) is 18.2 Å². The van der Waals surface area contributed by atoms with Gasteiger partial charge in [0.15, 0.2) is 0 Å². The van der Waals surface area contributed by atoms with E-state index in [1.54, 1.807) is 7.11 Å². The molecule has 114 valence electrons. The van der Waals surface area contributed by atoms with Crippen molar-refractivity contribution in [3.05, 3.63) is 33.8 Å². The fourth-order valence-corrected chi connectivity index (χ4v) is 3.01. The van der Waals surface area contributed by atoms with E-state index in [2.05, 4.69) is 33.0 Å². The van der Waals surface area contributed by atoms with Crippen LogP contribution in [0.3, 0.4) is 0 Å². The Morgan fingerprint density at radius 3 is 2.40 bits per heavy atom. The second-order valence-corrected chi connectivity index (χ2v) is 6.89. The maximum atomic E-state index is 6.30. The summed E-state index contributed by atoms with van der Waals surface area (Å²) in [6, 6.07) is 5.97. The average Bonchev–Trinajstić information content (AvgIpc) is 2.34. The average molecular weight is 318 g/mol. The predicted octanol–water partition coefficient (Wildman–Crippen LogP) is 4.58. The molecule has 2 atom stereocenters. The van der Waals surface area contributed by atoms with Crippen LogP contribution in [0.1, 0.15) is 33.3 Å². The highest BCUT2D eigenvalue weighted by atomic mass is 35.5. The van der Waals surface area contributed by atoms with Crippen molar-refractivity contribution in [2.75, 3.05) is 13.7 Å². The fraction of sp³-hybridized carbons (Fsp3) is 0.625. The summed E-state index contributed by atoms with van der Waals surface area (Å²) in [5.41, 5.74) is 1.10. The molecule has 0 spiro atoms. The van der Waals surface area contributed by atoms with Gasteiger partial charge in [0.25, 0.3) is 0 Å². The van der Waals surface area contributed by atoms with Crippen LogP contribution in [0, 0.1) is 5.41 Å². The summed E-state index contributed by atoms with van der Waals surface area (Å²) in [7, 11) is 1.76. The molecule has 0 aromatic heterocycles. The summed E-state index contributed by atoms with van der Waals surface area (Å²) in [5.74, 6) is 0. The zero-order valence-electron chi connectivity index (χ0n) is 13.0. The molecule has 1 aromatic rings. The first-order valence-corrected chi connectivity index (χ1v) is 7.76. The van der Waals surface area contributed by atoms with Gasteiger partial charge in [-0.1, -0.05) is 63.0 Å². The molecule has 0 aliphatic heterocycles. The Hall–Kier alpha value is -0.280. The highest BCUT2D eigenvalue weighted by Crippen LogP contribution is 2.30. The molecular weight excluding hydrogens is 293 g/mol. The zero-order valence-corrected chi connectivity index (χ0v) is 14.5. The molecule has 0 fully saturated rings. The fourth-order valence-electron chi connectivity index (χ4n) is 2.61. The zero-order chi connectivity index (χ0) is 15.3. The maximum Gasteiger partial charge on any atom is 0.0775 e. The lowest BCUT2D eigenvalue weighted by Gasteiger charge is -2.36. The first kappa shape index (κ1) is 17.8. The molecular formula is C16H25Cl2NO. The number of methoxy groups -OCH3 is 1. The van der Waals surface area contributed by atoms with Gasteiger partial charge >= 0.3 is 0 Å². The van der Waals surface area contributed by atoms with Crippen LogP contribution in [-0.2, 0) is 11.2 Å². The lowest BCUT2D eigenvalue weighted by molar-refractivity contribution is -0.0106. The minimum atomic E-state index is 0.0483. The molecule has 0 radical (unpaired) electrons. The van der Waals surface area contributed by atoms with E-state index in [0.717, 1.165) is 18.5 Å². The standard InChI is InChI=1S/C16H25Cl2NO/c1-6-19-13(15(20-5)16(2,3)4)10-11-8-7-9-12(17)14(11)18/h7-9,13,15,19H,6,10H2,1-5H3. The SMILES string of the molecule is CCNC(Cc1cccc(Cl)c1Cl)C(OC)C(C)(C)C. The van der Waals surface area contributed by atoms with Crippen molar-refractivity contribution in [3.63, 3.8) is 0 Å². The summed E-state index contributed by atoms with van der Waals surface area (Å²) < 4.78 is 5.73. The number of hydrogen-bond acceptors (Lipinski definition) is 2. The van der Waals surface area contributed by atoms with Crippen molar-refractivity contribution < 1.29 is 4.74 Å². The lowest BCUT2D eigenvalue weighted by Crippen LogP contribution is -2.49. The van der Waals surface area contributed by atoms with Crippen LogP contribution in [-0.4, -0.2) is 25.8 Å². The van der Waals surface area contributed by atoms with Gasteiger partial charge in [-0.25, -0.2) is 0 Å². The molecule has 2 nitrogen and oxygen atoms in total. The Morgan fingerprint density at radius 2 is 1.90 bits per heavy atom. The highest BCUT2D eigenvalue weighted by molar-refractivity contribution is 6.42. The van der Waals surface area contributed by atoms with E-state index in [4.69, 9.17) is 27.9 Å². The van der Waals surface area contributed by atoms with E-state index >= 15 is 0 Å². The van der Waals surface area contributed by atoms with Crippen molar-refractivity contribution in [1.82, 2.24) is 5.32 Å². The third kappa shape index (κ3) is 4.63. The van der Waals surface area contributed by atoms with Crippen LogP contribution in [0.25, 0.3) is 0 Å². The Bertz CT molecular complexity index is 429. The molecule has 1 rings (SSSR count). The minimum Gasteiger partial charge on any atom is -0.379 e. The lowest BCUT2D eigenvalue weighted by atomic mass is 9.82. The van der Waals surface area contributed by atoms with E-state index in [1.165, 1.54) is 0 Å². The van der Waals surface area contributed by atoms with E-state index < -0.39 is 0 Å². The molecule has 4 heteroatoms. The van der Waals surface area contributed by atoms with Crippen molar-refractivity contribution in [2.24, 2.45) is 5.41 Å². The second-order valence-electron chi connectivity index (χ2n) is 6.10. The molecule has 0 saturated carbocycles. The molecule has 0 aliphatic carbocycles. The number of ether oxygens (including phenoxy) is 1. The molecule has 20 heavy (non-hydrogen) atoms. The predicted molar refractivity (Wildman–Crippen MR) is 87.9 cm³/mol. The van der Waals surface area contributed by atoms with E-state index in [-0.39, 0.29) is 17.6 Å². The van der Waals surface area contributed by atoms with E-state index in [9.17, 15) is 0 Å². The van der Waals surface area contributed by atoms with Crippen LogP contribution < -0.4 is 5.32 Å². The van der Waals surface area contributed by atoms with Gasteiger partial charge in [0.05, 0.1) is 16.1 Å². The largest absolute Gasteiger partial charge is 0.379 e. The summed E-state index contributed by atoms with van der Waals surface area (Å²) in [5, 5.41) is 4.75. The van der Waals surface area contributed by atoms with Crippen LogP contribution in [0.4, 0.5) is 0 Å². The Labute approximate surface area is 132 Å². The van der Waals surface area contributed by atoms with Crippen molar-refractivity contribution in [2.45, 2.75) is 46.3 Å². The third-order valence-electron chi connectivity index (χ3n) is 3.41. The monoisotopic (exact) mass is 317 g/mol. The van der Waals surface area contributed by atoms with Crippen LogP contribution in [0.15, 0.2) is 18.2 Å². The van der Waals surface area contributed by atoms with Crippen LogP contribution in [0.2, 0.25) is 10.0 Å². The number of halogens is 2. The molecule has 1 N–H and O–H groups in total. The Balaban J connectivity index is 3.00. The number of benzene rings is 1. The van der Waals surface area contributed by atoms with Gasteiger partial charge in [0.1, 0.15) is 0 Å². The highest BCUT2D eigenvalue weighted by Gasteiger charge is 2.32. The Morgan fingerprint density at radius 1 is 1.25 bits per heavy atom. The maximum absolute atomic E-state index is 6.30. The van der Waals surface area contributed by atoms with Gasteiger partial charge in [0.2, 0.25) is 0 Å². The first-order chi connectivity index (χ1) is 9.31. The van der Waals surface area contributed by atoms with Crippen molar-refractivity contribution in [1.29, 1.82) is 0 Å². The molecule has 0 aliphatic rings. The van der Waals surface area contributed by atoms with E-state index in [0.29, 0.717) is 10.0 Å². The van der Waals surface area contributed by atoms with Crippen LogP contribution >= 0.6 is 23.2 Å². The normalized spacial score (nSPS) is 15.2. The van der Waals surface area contributed by atoms with Gasteiger partial charge in [-0.2, -0.15) is 0 Å². The topological polar surface area (TPSA) is 21.3 Å². The molecule has 0 saturated heterocycles. The van der Waals surface area contributed by atoms with Gasteiger partial charge in [0, 0.05) is 13.2 Å². The summed E-state index contributed by atoms with van der Waals surface area (Å²) in [6.07, 6.45) is 0.890. The molecule has 0 amide bonds. The Kier molecular flexibility index (Phi) is 6.80. The molecule has 2 unspecified atom stereocenters. The van der Waals surface area contributed by atoms with Crippen molar-refractivity contribution >= 4 is 23.2 Å². The summed E-state index contributed by atoms with van der Waals surface area (Å²) in [6.45, 7) is 9.54. The third-order valence-corrected chi connectivity index (χ3v) is 4.27. The van der Waals surface area contributed by atoms with Crippen molar-refractivity contribution in [3.8, 4) is 0 Å². The number of likely N-dealkylation sites (N-methyl/N-ethyl adjacent to an activating group) is 1.